The largest absolute Gasteiger partial charge is 0.314 e. The Kier molecular flexibility index (Phi) is 7.60. The molecule has 0 saturated heterocycles. The summed E-state index contributed by atoms with van der Waals surface area (Å²) in [5.74, 6) is 0.676. The van der Waals surface area contributed by atoms with Gasteiger partial charge in [0.05, 0.1) is 16.4 Å². The third kappa shape index (κ3) is 4.78. The highest BCUT2D eigenvalue weighted by molar-refractivity contribution is 6.31. The monoisotopic (exact) mass is 299 g/mol. The fourth-order valence-electron chi connectivity index (χ4n) is 2.58. The van der Waals surface area contributed by atoms with Crippen LogP contribution in [0.1, 0.15) is 58.3 Å². The van der Waals surface area contributed by atoms with E-state index in [9.17, 15) is 0 Å². The molecular formula is C16H30ClN3. The number of rotatable bonds is 9. The number of aromatic nitrogens is 2. The van der Waals surface area contributed by atoms with E-state index < -0.39 is 0 Å². The van der Waals surface area contributed by atoms with Crippen molar-refractivity contribution >= 4 is 11.6 Å². The first-order valence-electron chi connectivity index (χ1n) is 7.94. The van der Waals surface area contributed by atoms with E-state index in [4.69, 9.17) is 11.6 Å². The normalized spacial score (nSPS) is 13.2. The lowest BCUT2D eigenvalue weighted by Gasteiger charge is -2.22. The second-order valence-corrected chi connectivity index (χ2v) is 6.26. The molecule has 0 bridgehead atoms. The van der Waals surface area contributed by atoms with Crippen LogP contribution in [0.3, 0.4) is 0 Å². The van der Waals surface area contributed by atoms with E-state index in [-0.39, 0.29) is 0 Å². The first-order chi connectivity index (χ1) is 9.51. The smallest absolute Gasteiger partial charge is 0.0849 e. The Morgan fingerprint density at radius 1 is 1.30 bits per heavy atom. The summed E-state index contributed by atoms with van der Waals surface area (Å²) < 4.78 is 1.95. The minimum Gasteiger partial charge on any atom is -0.314 e. The van der Waals surface area contributed by atoms with Gasteiger partial charge in [0.2, 0.25) is 0 Å². The van der Waals surface area contributed by atoms with Crippen LogP contribution < -0.4 is 5.32 Å². The minimum absolute atomic E-state index is 0.604. The van der Waals surface area contributed by atoms with Crippen LogP contribution in [0.15, 0.2) is 0 Å². The average Bonchev–Trinajstić information content (AvgIpc) is 2.68. The lowest BCUT2D eigenvalue weighted by molar-refractivity contribution is 0.369. The van der Waals surface area contributed by atoms with Gasteiger partial charge in [-0.1, -0.05) is 39.3 Å². The average molecular weight is 300 g/mol. The molecule has 1 atom stereocenters. The maximum absolute atomic E-state index is 6.39. The minimum atomic E-state index is 0.604. The van der Waals surface area contributed by atoms with E-state index in [1.807, 2.05) is 11.7 Å². The lowest BCUT2D eigenvalue weighted by Crippen LogP contribution is -2.34. The summed E-state index contributed by atoms with van der Waals surface area (Å²) in [6, 6.07) is 0.604. The molecule has 0 aliphatic rings. The van der Waals surface area contributed by atoms with E-state index in [0.717, 1.165) is 36.5 Å². The van der Waals surface area contributed by atoms with E-state index in [1.54, 1.807) is 0 Å². The van der Waals surface area contributed by atoms with Gasteiger partial charge in [0, 0.05) is 13.1 Å². The van der Waals surface area contributed by atoms with Gasteiger partial charge in [-0.3, -0.25) is 4.68 Å². The highest BCUT2D eigenvalue weighted by atomic mass is 35.5. The van der Waals surface area contributed by atoms with Crippen molar-refractivity contribution < 1.29 is 0 Å². The van der Waals surface area contributed by atoms with Gasteiger partial charge >= 0.3 is 0 Å². The van der Waals surface area contributed by atoms with Gasteiger partial charge in [0.1, 0.15) is 0 Å². The molecule has 1 unspecified atom stereocenters. The Morgan fingerprint density at radius 3 is 2.50 bits per heavy atom. The summed E-state index contributed by atoms with van der Waals surface area (Å²) in [4.78, 5) is 0. The Labute approximate surface area is 129 Å². The van der Waals surface area contributed by atoms with Gasteiger partial charge in [-0.2, -0.15) is 5.10 Å². The van der Waals surface area contributed by atoms with Gasteiger partial charge < -0.3 is 5.32 Å². The molecule has 1 aromatic rings. The van der Waals surface area contributed by atoms with Crippen molar-refractivity contribution in [1.29, 1.82) is 0 Å². The van der Waals surface area contributed by atoms with Crippen molar-refractivity contribution in [3.8, 4) is 0 Å². The van der Waals surface area contributed by atoms with Gasteiger partial charge in [-0.05, 0) is 44.6 Å². The van der Waals surface area contributed by atoms with Crippen molar-refractivity contribution in [1.82, 2.24) is 15.1 Å². The zero-order chi connectivity index (χ0) is 15.1. The molecule has 20 heavy (non-hydrogen) atoms. The van der Waals surface area contributed by atoms with Crippen LogP contribution >= 0.6 is 11.6 Å². The Morgan fingerprint density at radius 2 is 2.00 bits per heavy atom. The topological polar surface area (TPSA) is 29.9 Å². The summed E-state index contributed by atoms with van der Waals surface area (Å²) in [6.45, 7) is 10.0. The number of hydrogen-bond donors (Lipinski definition) is 1. The number of nitrogens with zero attached hydrogens (tertiary/aromatic N) is 2. The maximum Gasteiger partial charge on any atom is 0.0849 e. The van der Waals surface area contributed by atoms with Gasteiger partial charge in [-0.15, -0.1) is 0 Å². The molecule has 116 valence electrons. The molecule has 0 aliphatic carbocycles. The quantitative estimate of drug-likeness (QED) is 0.747. The standard InChI is InChI=1S/C16H30ClN3/c1-6-11-18-14(12(3)4)9-8-10-15-16(17)13(7-2)19-20(15)5/h12,14,18H,6-11H2,1-5H3. The van der Waals surface area contributed by atoms with Crippen LogP contribution in [-0.4, -0.2) is 22.4 Å². The third-order valence-corrected chi connectivity index (χ3v) is 4.33. The Hall–Kier alpha value is -0.540. The summed E-state index contributed by atoms with van der Waals surface area (Å²) in [6.07, 6.45) is 5.46. The SMILES string of the molecule is CCCNC(CCCc1c(Cl)c(CC)nn1C)C(C)C. The van der Waals surface area contributed by atoms with Crippen molar-refractivity contribution in [3.05, 3.63) is 16.4 Å². The molecule has 0 amide bonds. The molecule has 4 heteroatoms. The number of halogens is 1. The fourth-order valence-corrected chi connectivity index (χ4v) is 2.97. The number of hydrogen-bond acceptors (Lipinski definition) is 2. The zero-order valence-electron chi connectivity index (χ0n) is 13.7. The third-order valence-electron chi connectivity index (χ3n) is 3.89. The molecule has 0 spiro atoms. The Bertz CT molecular complexity index is 399. The van der Waals surface area contributed by atoms with E-state index in [1.165, 1.54) is 18.5 Å². The van der Waals surface area contributed by atoms with E-state index in [0.29, 0.717) is 12.0 Å². The molecule has 1 rings (SSSR count). The second-order valence-electron chi connectivity index (χ2n) is 5.88. The highest BCUT2D eigenvalue weighted by Crippen LogP contribution is 2.23. The molecular weight excluding hydrogens is 270 g/mol. The molecule has 3 nitrogen and oxygen atoms in total. The first kappa shape index (κ1) is 17.5. The van der Waals surface area contributed by atoms with Gasteiger partial charge in [0.15, 0.2) is 0 Å². The van der Waals surface area contributed by atoms with E-state index >= 15 is 0 Å². The van der Waals surface area contributed by atoms with Crippen molar-refractivity contribution in [2.75, 3.05) is 6.54 Å². The predicted octanol–water partition coefficient (Wildman–Crippen LogP) is 3.98. The molecule has 1 N–H and O–H groups in total. The molecule has 1 aromatic heterocycles. The summed E-state index contributed by atoms with van der Waals surface area (Å²) in [5, 5.41) is 9.00. The Balaban J connectivity index is 2.52. The van der Waals surface area contributed by atoms with Crippen molar-refractivity contribution in [2.45, 2.75) is 65.8 Å². The van der Waals surface area contributed by atoms with Crippen LogP contribution in [-0.2, 0) is 19.9 Å². The number of nitrogens with one attached hydrogen (secondary N) is 1. The van der Waals surface area contributed by atoms with Gasteiger partial charge in [-0.25, -0.2) is 0 Å². The molecule has 0 fully saturated rings. The summed E-state index contributed by atoms with van der Waals surface area (Å²) in [5.41, 5.74) is 2.20. The van der Waals surface area contributed by atoms with Crippen molar-refractivity contribution in [3.63, 3.8) is 0 Å². The molecule has 1 heterocycles. The molecule has 0 aromatic carbocycles. The highest BCUT2D eigenvalue weighted by Gasteiger charge is 2.15. The summed E-state index contributed by atoms with van der Waals surface area (Å²) >= 11 is 6.39. The molecule has 0 saturated carbocycles. The number of aryl methyl sites for hydroxylation is 2. The second kappa shape index (κ2) is 8.68. The van der Waals surface area contributed by atoms with Crippen LogP contribution in [0.5, 0.6) is 0 Å². The molecule has 0 radical (unpaired) electrons. The molecule has 0 aliphatic heterocycles. The van der Waals surface area contributed by atoms with Crippen LogP contribution in [0.4, 0.5) is 0 Å². The van der Waals surface area contributed by atoms with Crippen molar-refractivity contribution in [2.24, 2.45) is 13.0 Å². The van der Waals surface area contributed by atoms with Gasteiger partial charge in [0.25, 0.3) is 0 Å². The zero-order valence-corrected chi connectivity index (χ0v) is 14.4. The first-order valence-corrected chi connectivity index (χ1v) is 8.32. The predicted molar refractivity (Wildman–Crippen MR) is 87.5 cm³/mol. The van der Waals surface area contributed by atoms with Crippen LogP contribution in [0.25, 0.3) is 0 Å². The van der Waals surface area contributed by atoms with Crippen LogP contribution in [0, 0.1) is 5.92 Å². The van der Waals surface area contributed by atoms with Crippen LogP contribution in [0.2, 0.25) is 5.02 Å². The lowest BCUT2D eigenvalue weighted by atomic mass is 9.97. The maximum atomic E-state index is 6.39. The fraction of sp³-hybridized carbons (Fsp3) is 0.812. The summed E-state index contributed by atoms with van der Waals surface area (Å²) in [7, 11) is 2.00. The van der Waals surface area contributed by atoms with E-state index in [2.05, 4.69) is 38.1 Å².